The molecule has 0 saturated carbocycles. The highest BCUT2D eigenvalue weighted by atomic mass is 16.1. The first-order valence-electron chi connectivity index (χ1n) is 10.3. The van der Waals surface area contributed by atoms with E-state index < -0.39 is 0 Å². The maximum Gasteiger partial charge on any atom is 0.133 e. The third-order valence-electron chi connectivity index (χ3n) is 5.45. The smallest absolute Gasteiger partial charge is 0.133 e. The van der Waals surface area contributed by atoms with Crippen molar-refractivity contribution in [1.82, 2.24) is 0 Å². The average molecular weight is 351 g/mol. The molecule has 1 heteroatoms. The predicted octanol–water partition coefficient (Wildman–Crippen LogP) is 6.07. The number of hydrogen-bond donors (Lipinski definition) is 0. The fraction of sp³-hybridized carbons (Fsp3) is 0.480. The van der Waals surface area contributed by atoms with E-state index in [9.17, 15) is 4.79 Å². The molecule has 0 aliphatic heterocycles. The van der Waals surface area contributed by atoms with Gasteiger partial charge < -0.3 is 0 Å². The van der Waals surface area contributed by atoms with E-state index in [1.165, 1.54) is 33.4 Å². The standard InChI is InChI=1S/C25H34O/c1-5-21-13-9-19(17-23(21)7-3)11-15-25(26)16-12-20-10-14-22(6-2)24(8-4)18-20/h9-10,13-14,17-18H,5-8,11-12,15-16H2,1-4H3. The number of carbonyl (C=O) groups excluding carboxylic acids is 1. The summed E-state index contributed by atoms with van der Waals surface area (Å²) in [5, 5.41) is 0. The van der Waals surface area contributed by atoms with Crippen molar-refractivity contribution in [3.05, 3.63) is 69.8 Å². The summed E-state index contributed by atoms with van der Waals surface area (Å²) < 4.78 is 0. The van der Waals surface area contributed by atoms with Gasteiger partial charge in [0.2, 0.25) is 0 Å². The van der Waals surface area contributed by atoms with Gasteiger partial charge in [-0.25, -0.2) is 0 Å². The van der Waals surface area contributed by atoms with Crippen LogP contribution in [-0.4, -0.2) is 5.78 Å². The lowest BCUT2D eigenvalue weighted by atomic mass is 9.95. The molecule has 0 heterocycles. The molecule has 0 radical (unpaired) electrons. The van der Waals surface area contributed by atoms with Crippen molar-refractivity contribution in [3.63, 3.8) is 0 Å². The summed E-state index contributed by atoms with van der Waals surface area (Å²) in [5.41, 5.74) is 8.33. The van der Waals surface area contributed by atoms with Crippen LogP contribution in [0, 0.1) is 0 Å². The molecule has 2 aromatic carbocycles. The van der Waals surface area contributed by atoms with Gasteiger partial charge in [0.05, 0.1) is 0 Å². The first-order valence-corrected chi connectivity index (χ1v) is 10.3. The molecule has 0 N–H and O–H groups in total. The molecule has 0 aromatic heterocycles. The zero-order valence-corrected chi connectivity index (χ0v) is 17.0. The Kier molecular flexibility index (Phi) is 8.09. The van der Waals surface area contributed by atoms with Crippen LogP contribution >= 0.6 is 0 Å². The second-order valence-corrected chi connectivity index (χ2v) is 7.16. The molecule has 140 valence electrons. The van der Waals surface area contributed by atoms with Crippen molar-refractivity contribution in [3.8, 4) is 0 Å². The number of carbonyl (C=O) groups is 1. The van der Waals surface area contributed by atoms with Gasteiger partial charge in [-0.2, -0.15) is 0 Å². The molecule has 0 aliphatic carbocycles. The Labute approximate surface area is 159 Å². The van der Waals surface area contributed by atoms with Crippen molar-refractivity contribution in [1.29, 1.82) is 0 Å². The van der Waals surface area contributed by atoms with Crippen LogP contribution in [0.2, 0.25) is 0 Å². The van der Waals surface area contributed by atoms with Crippen LogP contribution in [0.4, 0.5) is 0 Å². The lowest BCUT2D eigenvalue weighted by Crippen LogP contribution is -2.04. The van der Waals surface area contributed by atoms with Crippen molar-refractivity contribution < 1.29 is 4.79 Å². The normalized spacial score (nSPS) is 10.9. The van der Waals surface area contributed by atoms with Gasteiger partial charge in [-0.3, -0.25) is 4.79 Å². The highest BCUT2D eigenvalue weighted by molar-refractivity contribution is 5.78. The first kappa shape index (κ1) is 20.4. The van der Waals surface area contributed by atoms with Crippen LogP contribution in [-0.2, 0) is 43.3 Å². The Bertz CT molecular complexity index is 665. The lowest BCUT2D eigenvalue weighted by Gasteiger charge is -2.10. The Balaban J connectivity index is 1.87. The monoisotopic (exact) mass is 350 g/mol. The van der Waals surface area contributed by atoms with Crippen LogP contribution in [0.25, 0.3) is 0 Å². The van der Waals surface area contributed by atoms with E-state index >= 15 is 0 Å². The van der Waals surface area contributed by atoms with Crippen LogP contribution < -0.4 is 0 Å². The van der Waals surface area contributed by atoms with E-state index in [-0.39, 0.29) is 0 Å². The van der Waals surface area contributed by atoms with Crippen LogP contribution in [0.15, 0.2) is 36.4 Å². The minimum absolute atomic E-state index is 0.375. The third kappa shape index (κ3) is 5.56. The Morgan fingerprint density at radius 1 is 0.615 bits per heavy atom. The second-order valence-electron chi connectivity index (χ2n) is 7.16. The van der Waals surface area contributed by atoms with Gasteiger partial charge in [0.25, 0.3) is 0 Å². The van der Waals surface area contributed by atoms with Gasteiger partial charge in [0, 0.05) is 12.8 Å². The van der Waals surface area contributed by atoms with Gasteiger partial charge in [-0.05, 0) is 71.9 Å². The summed E-state index contributed by atoms with van der Waals surface area (Å²) in [6.45, 7) is 8.82. The number of aryl methyl sites for hydroxylation is 6. The summed E-state index contributed by atoms with van der Waals surface area (Å²) in [5.74, 6) is 0.375. The SMILES string of the molecule is CCc1ccc(CCC(=O)CCc2ccc(CC)c(CC)c2)cc1CC. The molecule has 2 rings (SSSR count). The van der Waals surface area contributed by atoms with E-state index in [0.717, 1.165) is 38.5 Å². The number of Topliss-reactive ketones (excluding diaryl/α,β-unsaturated/α-hetero) is 1. The van der Waals surface area contributed by atoms with Crippen molar-refractivity contribution in [2.75, 3.05) is 0 Å². The number of benzene rings is 2. The van der Waals surface area contributed by atoms with Crippen molar-refractivity contribution in [2.45, 2.75) is 79.1 Å². The predicted molar refractivity (Wildman–Crippen MR) is 112 cm³/mol. The second kappa shape index (κ2) is 10.3. The zero-order chi connectivity index (χ0) is 18.9. The molecule has 26 heavy (non-hydrogen) atoms. The van der Waals surface area contributed by atoms with E-state index in [1.807, 2.05) is 0 Å². The van der Waals surface area contributed by atoms with Crippen molar-refractivity contribution in [2.24, 2.45) is 0 Å². The molecule has 0 fully saturated rings. The minimum atomic E-state index is 0.375. The van der Waals surface area contributed by atoms with Crippen LogP contribution in [0.5, 0.6) is 0 Å². The number of ketones is 1. The third-order valence-corrected chi connectivity index (χ3v) is 5.45. The van der Waals surface area contributed by atoms with E-state index in [2.05, 4.69) is 64.1 Å². The summed E-state index contributed by atoms with van der Waals surface area (Å²) in [7, 11) is 0. The summed E-state index contributed by atoms with van der Waals surface area (Å²) in [6, 6.07) is 13.5. The zero-order valence-electron chi connectivity index (χ0n) is 17.0. The lowest BCUT2D eigenvalue weighted by molar-refractivity contribution is -0.119. The van der Waals surface area contributed by atoms with E-state index in [4.69, 9.17) is 0 Å². The molecular weight excluding hydrogens is 316 g/mol. The largest absolute Gasteiger partial charge is 0.300 e. The first-order chi connectivity index (χ1) is 12.6. The molecule has 0 saturated heterocycles. The fourth-order valence-electron chi connectivity index (χ4n) is 3.71. The molecular formula is C25H34O. The molecule has 1 nitrogen and oxygen atoms in total. The topological polar surface area (TPSA) is 17.1 Å². The average Bonchev–Trinajstić information content (AvgIpc) is 2.69. The number of rotatable bonds is 10. The Hall–Kier alpha value is -1.89. The maximum absolute atomic E-state index is 12.3. The van der Waals surface area contributed by atoms with Gasteiger partial charge in [-0.1, -0.05) is 64.1 Å². The summed E-state index contributed by atoms with van der Waals surface area (Å²) in [6.07, 6.45) is 7.34. The van der Waals surface area contributed by atoms with Gasteiger partial charge in [0.1, 0.15) is 5.78 Å². The maximum atomic E-state index is 12.3. The molecule has 0 aliphatic rings. The van der Waals surface area contributed by atoms with Gasteiger partial charge in [0.15, 0.2) is 0 Å². The fourth-order valence-corrected chi connectivity index (χ4v) is 3.71. The van der Waals surface area contributed by atoms with Crippen LogP contribution in [0.3, 0.4) is 0 Å². The summed E-state index contributed by atoms with van der Waals surface area (Å²) in [4.78, 5) is 12.3. The number of hydrogen-bond acceptors (Lipinski definition) is 1. The van der Waals surface area contributed by atoms with Gasteiger partial charge >= 0.3 is 0 Å². The quantitative estimate of drug-likeness (QED) is 0.508. The highest BCUT2D eigenvalue weighted by Gasteiger charge is 2.07. The van der Waals surface area contributed by atoms with Gasteiger partial charge in [-0.15, -0.1) is 0 Å². The highest BCUT2D eigenvalue weighted by Crippen LogP contribution is 2.17. The molecule has 0 unspecified atom stereocenters. The molecule has 0 amide bonds. The molecule has 2 aromatic rings. The van der Waals surface area contributed by atoms with E-state index in [0.29, 0.717) is 18.6 Å². The van der Waals surface area contributed by atoms with Crippen LogP contribution in [0.1, 0.15) is 73.9 Å². The van der Waals surface area contributed by atoms with Crippen molar-refractivity contribution >= 4 is 5.78 Å². The molecule has 0 bridgehead atoms. The Morgan fingerprint density at radius 3 is 1.35 bits per heavy atom. The molecule has 0 atom stereocenters. The molecule has 0 spiro atoms. The summed E-state index contributed by atoms with van der Waals surface area (Å²) >= 11 is 0. The minimum Gasteiger partial charge on any atom is -0.300 e. The van der Waals surface area contributed by atoms with E-state index in [1.54, 1.807) is 0 Å². The Morgan fingerprint density at radius 2 is 1.00 bits per heavy atom.